The van der Waals surface area contributed by atoms with Gasteiger partial charge in [-0.3, -0.25) is 14.7 Å². The summed E-state index contributed by atoms with van der Waals surface area (Å²) >= 11 is 0. The summed E-state index contributed by atoms with van der Waals surface area (Å²) in [6.45, 7) is 6.06. The molecule has 0 unspecified atom stereocenters. The van der Waals surface area contributed by atoms with E-state index in [-0.39, 0.29) is 11.9 Å². The maximum Gasteiger partial charge on any atom is 0.255 e. The van der Waals surface area contributed by atoms with E-state index in [1.165, 1.54) is 5.56 Å². The fourth-order valence-corrected chi connectivity index (χ4v) is 3.84. The van der Waals surface area contributed by atoms with Gasteiger partial charge in [0.15, 0.2) is 0 Å². The van der Waals surface area contributed by atoms with Gasteiger partial charge in [0, 0.05) is 50.5 Å². The third-order valence-corrected chi connectivity index (χ3v) is 5.02. The van der Waals surface area contributed by atoms with E-state index in [9.17, 15) is 4.79 Å². The number of nitrogens with one attached hydrogen (secondary N) is 1. The van der Waals surface area contributed by atoms with Crippen LogP contribution in [0.4, 0.5) is 0 Å². The Morgan fingerprint density at radius 2 is 1.96 bits per heavy atom. The van der Waals surface area contributed by atoms with E-state index in [0.717, 1.165) is 26.2 Å². The summed E-state index contributed by atoms with van der Waals surface area (Å²) in [6, 6.07) is 11.6. The lowest BCUT2D eigenvalue weighted by Gasteiger charge is -2.23. The molecule has 2 heterocycles. The van der Waals surface area contributed by atoms with Gasteiger partial charge in [0.05, 0.1) is 12.2 Å². The van der Waals surface area contributed by atoms with Crippen molar-refractivity contribution < 1.29 is 9.53 Å². The summed E-state index contributed by atoms with van der Waals surface area (Å²) in [5, 5.41) is 3.27. The second-order valence-electron chi connectivity index (χ2n) is 7.58. The molecule has 1 aliphatic heterocycles. The molecule has 0 aliphatic carbocycles. The van der Waals surface area contributed by atoms with Gasteiger partial charge in [0.2, 0.25) is 0 Å². The van der Waals surface area contributed by atoms with Gasteiger partial charge in [-0.05, 0) is 50.8 Å². The van der Waals surface area contributed by atoms with Crippen molar-refractivity contribution in [1.82, 2.24) is 20.1 Å². The smallest absolute Gasteiger partial charge is 0.255 e. The van der Waals surface area contributed by atoms with Crippen LogP contribution in [0.25, 0.3) is 0 Å². The molecule has 150 valence electrons. The number of carbonyl (C=O) groups excluding carboxylic acids is 1. The third kappa shape index (κ3) is 5.30. The first-order valence-electron chi connectivity index (χ1n) is 9.85. The summed E-state index contributed by atoms with van der Waals surface area (Å²) in [5.74, 6) is 0.946. The predicted molar refractivity (Wildman–Crippen MR) is 110 cm³/mol. The van der Waals surface area contributed by atoms with Crippen LogP contribution in [0.2, 0.25) is 0 Å². The van der Waals surface area contributed by atoms with Crippen LogP contribution in [-0.4, -0.2) is 67.1 Å². The summed E-state index contributed by atoms with van der Waals surface area (Å²) in [5.41, 5.74) is 1.84. The number of ether oxygens (including phenoxy) is 1. The van der Waals surface area contributed by atoms with Crippen LogP contribution in [0.3, 0.4) is 0 Å². The Morgan fingerprint density at radius 3 is 2.68 bits per heavy atom. The standard InChI is InChI=1S/C22H30N4O2/c1-4-28-21-8-6-5-7-19(21)22(27)24-20-16-26(15-18(20)14-25(2)3)13-17-9-11-23-12-10-17/h5-12,18,20H,4,13-16H2,1-3H3,(H,24,27)/t18-,20-/m1/s1. The number of hydrogen-bond acceptors (Lipinski definition) is 5. The molecule has 1 fully saturated rings. The molecule has 0 bridgehead atoms. The molecule has 1 N–H and O–H groups in total. The average Bonchev–Trinajstić information content (AvgIpc) is 3.03. The van der Waals surface area contributed by atoms with Crippen molar-refractivity contribution in [2.45, 2.75) is 19.5 Å². The van der Waals surface area contributed by atoms with Crippen LogP contribution in [0, 0.1) is 5.92 Å². The normalized spacial score (nSPS) is 19.7. The summed E-state index contributed by atoms with van der Waals surface area (Å²) in [7, 11) is 4.16. The number of aromatic nitrogens is 1. The zero-order valence-corrected chi connectivity index (χ0v) is 17.0. The number of para-hydroxylation sites is 1. The topological polar surface area (TPSA) is 57.7 Å². The minimum Gasteiger partial charge on any atom is -0.493 e. The van der Waals surface area contributed by atoms with E-state index in [2.05, 4.69) is 34.2 Å². The van der Waals surface area contributed by atoms with Gasteiger partial charge in [0.1, 0.15) is 5.75 Å². The summed E-state index contributed by atoms with van der Waals surface area (Å²) in [4.78, 5) is 21.6. The van der Waals surface area contributed by atoms with Crippen LogP contribution in [0.5, 0.6) is 5.75 Å². The largest absolute Gasteiger partial charge is 0.493 e. The highest BCUT2D eigenvalue weighted by atomic mass is 16.5. The maximum absolute atomic E-state index is 13.0. The molecule has 0 radical (unpaired) electrons. The van der Waals surface area contributed by atoms with E-state index in [0.29, 0.717) is 23.8 Å². The molecule has 1 saturated heterocycles. The fraction of sp³-hybridized carbons (Fsp3) is 0.455. The number of likely N-dealkylation sites (tertiary alicyclic amines) is 1. The average molecular weight is 383 g/mol. The molecule has 1 amide bonds. The second-order valence-corrected chi connectivity index (χ2v) is 7.58. The van der Waals surface area contributed by atoms with Crippen LogP contribution in [0.15, 0.2) is 48.8 Å². The quantitative estimate of drug-likeness (QED) is 0.759. The molecule has 28 heavy (non-hydrogen) atoms. The molecule has 1 aliphatic rings. The first kappa shape index (κ1) is 20.3. The van der Waals surface area contributed by atoms with Crippen LogP contribution in [0.1, 0.15) is 22.8 Å². The molecule has 6 nitrogen and oxygen atoms in total. The van der Waals surface area contributed by atoms with Crippen molar-refractivity contribution in [2.24, 2.45) is 5.92 Å². The number of amides is 1. The number of rotatable bonds is 8. The third-order valence-electron chi connectivity index (χ3n) is 5.02. The SMILES string of the molecule is CCOc1ccccc1C(=O)N[C@@H]1CN(Cc2ccncc2)C[C@H]1CN(C)C. The minimum atomic E-state index is -0.0661. The van der Waals surface area contributed by atoms with Crippen molar-refractivity contribution in [2.75, 3.05) is 40.3 Å². The first-order chi connectivity index (χ1) is 13.6. The van der Waals surface area contributed by atoms with E-state index >= 15 is 0 Å². The lowest BCUT2D eigenvalue weighted by molar-refractivity contribution is 0.0923. The number of nitrogens with zero attached hydrogens (tertiary/aromatic N) is 3. The zero-order chi connectivity index (χ0) is 19.9. The van der Waals surface area contributed by atoms with Gasteiger partial charge in [-0.1, -0.05) is 12.1 Å². The molecule has 6 heteroatoms. The Bertz CT molecular complexity index is 766. The van der Waals surface area contributed by atoms with Crippen molar-refractivity contribution in [1.29, 1.82) is 0 Å². The highest BCUT2D eigenvalue weighted by Gasteiger charge is 2.34. The van der Waals surface area contributed by atoms with Crippen molar-refractivity contribution in [3.63, 3.8) is 0 Å². The molecule has 0 saturated carbocycles. The lowest BCUT2D eigenvalue weighted by Crippen LogP contribution is -2.43. The molecule has 1 aromatic heterocycles. The molecule has 0 spiro atoms. The number of benzene rings is 1. The minimum absolute atomic E-state index is 0.0661. The maximum atomic E-state index is 13.0. The number of hydrogen-bond donors (Lipinski definition) is 1. The van der Waals surface area contributed by atoms with Gasteiger partial charge in [-0.2, -0.15) is 0 Å². The van der Waals surface area contributed by atoms with Gasteiger partial charge in [0.25, 0.3) is 5.91 Å². The van der Waals surface area contributed by atoms with Crippen molar-refractivity contribution >= 4 is 5.91 Å². The Morgan fingerprint density at radius 1 is 1.21 bits per heavy atom. The van der Waals surface area contributed by atoms with Crippen LogP contribution < -0.4 is 10.1 Å². The van der Waals surface area contributed by atoms with Gasteiger partial charge < -0.3 is 15.0 Å². The Labute approximate surface area is 167 Å². The Hall–Kier alpha value is -2.44. The Kier molecular flexibility index (Phi) is 7.01. The van der Waals surface area contributed by atoms with Gasteiger partial charge in [-0.25, -0.2) is 0 Å². The van der Waals surface area contributed by atoms with Gasteiger partial charge >= 0.3 is 0 Å². The van der Waals surface area contributed by atoms with Crippen molar-refractivity contribution in [3.8, 4) is 5.75 Å². The Balaban J connectivity index is 1.70. The number of pyridine rings is 1. The van der Waals surface area contributed by atoms with E-state index in [1.807, 2.05) is 55.7 Å². The molecule has 2 atom stereocenters. The van der Waals surface area contributed by atoms with E-state index < -0.39 is 0 Å². The molecule has 1 aromatic carbocycles. The zero-order valence-electron chi connectivity index (χ0n) is 17.0. The first-order valence-corrected chi connectivity index (χ1v) is 9.85. The van der Waals surface area contributed by atoms with Gasteiger partial charge in [-0.15, -0.1) is 0 Å². The molecular formula is C22H30N4O2. The second kappa shape index (κ2) is 9.66. The van der Waals surface area contributed by atoms with Crippen molar-refractivity contribution in [3.05, 3.63) is 59.9 Å². The highest BCUT2D eigenvalue weighted by Crippen LogP contribution is 2.23. The number of carbonyl (C=O) groups is 1. The van der Waals surface area contributed by atoms with E-state index in [4.69, 9.17) is 4.74 Å². The monoisotopic (exact) mass is 382 g/mol. The van der Waals surface area contributed by atoms with E-state index in [1.54, 1.807) is 0 Å². The lowest BCUT2D eigenvalue weighted by atomic mass is 10.0. The van der Waals surface area contributed by atoms with Crippen LogP contribution >= 0.6 is 0 Å². The molecular weight excluding hydrogens is 352 g/mol. The summed E-state index contributed by atoms with van der Waals surface area (Å²) < 4.78 is 5.63. The highest BCUT2D eigenvalue weighted by molar-refractivity contribution is 5.97. The van der Waals surface area contributed by atoms with Crippen LogP contribution in [-0.2, 0) is 6.54 Å². The molecule has 2 aromatic rings. The summed E-state index contributed by atoms with van der Waals surface area (Å²) in [6.07, 6.45) is 3.65. The molecule has 3 rings (SSSR count). The predicted octanol–water partition coefficient (Wildman–Crippen LogP) is 2.27. The fourth-order valence-electron chi connectivity index (χ4n) is 3.84.